The molecule has 39 heavy (non-hydrogen) atoms. The number of para-hydroxylation sites is 2. The van der Waals surface area contributed by atoms with Gasteiger partial charge in [-0.2, -0.15) is 0 Å². The maximum Gasteiger partial charge on any atom is 0.0641 e. The summed E-state index contributed by atoms with van der Waals surface area (Å²) in [7, 11) is 0. The molecule has 0 aliphatic rings. The van der Waals surface area contributed by atoms with Crippen molar-refractivity contribution in [1.82, 2.24) is 9.55 Å². The van der Waals surface area contributed by atoms with E-state index in [-0.39, 0.29) is 0 Å². The second kappa shape index (κ2) is 7.83. The third-order valence-electron chi connectivity index (χ3n) is 8.12. The molecule has 0 spiro atoms. The number of aromatic nitrogens is 2. The Hall–Kier alpha value is -4.86. The predicted molar refractivity (Wildman–Crippen MR) is 168 cm³/mol. The van der Waals surface area contributed by atoms with E-state index < -0.39 is 0 Å². The number of nitrogens with one attached hydrogen (secondary N) is 1. The Kier molecular flexibility index (Phi) is 4.24. The number of rotatable bonds is 2. The lowest BCUT2D eigenvalue weighted by Crippen LogP contribution is -1.93. The second-order valence-electron chi connectivity index (χ2n) is 10.2. The Bertz CT molecular complexity index is 2390. The number of benzene rings is 6. The summed E-state index contributed by atoms with van der Waals surface area (Å²) in [5.41, 5.74) is 8.52. The van der Waals surface area contributed by atoms with Gasteiger partial charge in [0.1, 0.15) is 0 Å². The molecule has 0 amide bonds. The number of hydrogen-bond donors (Lipinski definition) is 1. The van der Waals surface area contributed by atoms with Gasteiger partial charge in [0.25, 0.3) is 0 Å². The van der Waals surface area contributed by atoms with E-state index in [9.17, 15) is 0 Å². The molecular formula is C36H22N2S. The minimum atomic E-state index is 1.16. The van der Waals surface area contributed by atoms with Gasteiger partial charge in [0, 0.05) is 58.4 Å². The molecule has 2 nitrogen and oxygen atoms in total. The van der Waals surface area contributed by atoms with Crippen LogP contribution in [0.4, 0.5) is 0 Å². The molecule has 1 N–H and O–H groups in total. The van der Waals surface area contributed by atoms with Crippen LogP contribution in [-0.4, -0.2) is 9.55 Å². The van der Waals surface area contributed by atoms with Crippen molar-refractivity contribution in [2.45, 2.75) is 0 Å². The highest BCUT2D eigenvalue weighted by atomic mass is 32.1. The zero-order valence-electron chi connectivity index (χ0n) is 21.0. The average Bonchev–Trinajstić information content (AvgIpc) is 3.66. The number of thiophene rings is 1. The van der Waals surface area contributed by atoms with Gasteiger partial charge in [-0.05, 0) is 53.6 Å². The first-order valence-corrected chi connectivity index (χ1v) is 14.1. The Morgan fingerprint density at radius 3 is 2.23 bits per heavy atom. The zero-order chi connectivity index (χ0) is 25.5. The SMILES string of the molecule is c1ccc(-n2c3ccccc3c3ccc4[nH]c5ccc(-c6cccc7c6sc6ccccc67)cc5c4c32)cc1. The molecule has 0 saturated heterocycles. The van der Waals surface area contributed by atoms with E-state index >= 15 is 0 Å². The number of hydrogen-bond acceptors (Lipinski definition) is 1. The van der Waals surface area contributed by atoms with E-state index in [1.54, 1.807) is 0 Å². The molecule has 0 saturated carbocycles. The standard InChI is InChI=1S/C36H22N2S/c1-2-9-23(10-3-1)38-32-15-6-4-11-25(32)27-18-20-31-34(35(27)38)29-21-22(17-19-30(29)37-31)24-13-8-14-28-26-12-5-7-16-33(26)39-36(24)28/h1-21,37H. The maximum atomic E-state index is 3.72. The van der Waals surface area contributed by atoms with Crippen LogP contribution in [0.2, 0.25) is 0 Å². The van der Waals surface area contributed by atoms with Crippen LogP contribution in [0.5, 0.6) is 0 Å². The van der Waals surface area contributed by atoms with Gasteiger partial charge in [0.05, 0.1) is 11.0 Å². The summed E-state index contributed by atoms with van der Waals surface area (Å²) in [4.78, 5) is 3.72. The fourth-order valence-corrected chi connectivity index (χ4v) is 7.67. The molecule has 3 heteroatoms. The van der Waals surface area contributed by atoms with Crippen LogP contribution in [0.15, 0.2) is 127 Å². The van der Waals surface area contributed by atoms with Crippen molar-refractivity contribution >= 4 is 75.1 Å². The van der Waals surface area contributed by atoms with Gasteiger partial charge in [-0.3, -0.25) is 0 Å². The molecular weight excluding hydrogens is 492 g/mol. The largest absolute Gasteiger partial charge is 0.354 e. The number of aromatic amines is 1. The molecule has 0 fully saturated rings. The van der Waals surface area contributed by atoms with E-state index in [0.717, 1.165) is 11.0 Å². The third kappa shape index (κ3) is 2.91. The molecule has 9 rings (SSSR count). The Balaban J connectivity index is 1.41. The molecule has 0 aliphatic heterocycles. The van der Waals surface area contributed by atoms with Crippen molar-refractivity contribution in [2.24, 2.45) is 0 Å². The molecule has 3 heterocycles. The summed E-state index contributed by atoms with van der Waals surface area (Å²) >= 11 is 1.89. The molecule has 6 aromatic carbocycles. The van der Waals surface area contributed by atoms with Crippen molar-refractivity contribution < 1.29 is 0 Å². The summed E-state index contributed by atoms with van der Waals surface area (Å²) in [6.45, 7) is 0. The van der Waals surface area contributed by atoms with E-state index in [0.29, 0.717) is 0 Å². The van der Waals surface area contributed by atoms with Gasteiger partial charge in [-0.1, -0.05) is 84.9 Å². The first-order valence-electron chi connectivity index (χ1n) is 13.3. The fourth-order valence-electron chi connectivity index (χ4n) is 6.43. The molecule has 9 aromatic rings. The van der Waals surface area contributed by atoms with Crippen LogP contribution in [-0.2, 0) is 0 Å². The highest BCUT2D eigenvalue weighted by Gasteiger charge is 2.18. The van der Waals surface area contributed by atoms with Gasteiger partial charge in [-0.15, -0.1) is 11.3 Å². The molecule has 0 atom stereocenters. The van der Waals surface area contributed by atoms with Crippen LogP contribution in [0, 0.1) is 0 Å². The van der Waals surface area contributed by atoms with Crippen LogP contribution < -0.4 is 0 Å². The summed E-state index contributed by atoms with van der Waals surface area (Å²) in [6.07, 6.45) is 0. The van der Waals surface area contributed by atoms with Crippen molar-refractivity contribution in [1.29, 1.82) is 0 Å². The van der Waals surface area contributed by atoms with Crippen LogP contribution >= 0.6 is 11.3 Å². The molecule has 0 bridgehead atoms. The Morgan fingerprint density at radius 1 is 0.538 bits per heavy atom. The number of H-pyrrole nitrogens is 1. The summed E-state index contributed by atoms with van der Waals surface area (Å²) < 4.78 is 5.11. The lowest BCUT2D eigenvalue weighted by atomic mass is 10.00. The van der Waals surface area contributed by atoms with Crippen LogP contribution in [0.25, 0.3) is 80.6 Å². The second-order valence-corrected chi connectivity index (χ2v) is 11.3. The summed E-state index contributed by atoms with van der Waals surface area (Å²) in [5.74, 6) is 0. The topological polar surface area (TPSA) is 20.7 Å². The lowest BCUT2D eigenvalue weighted by Gasteiger charge is -2.09. The summed E-state index contributed by atoms with van der Waals surface area (Å²) in [5, 5.41) is 7.75. The Labute approximate surface area is 228 Å². The van der Waals surface area contributed by atoms with Crippen molar-refractivity contribution in [3.05, 3.63) is 127 Å². The van der Waals surface area contributed by atoms with Crippen molar-refractivity contribution in [2.75, 3.05) is 0 Å². The smallest absolute Gasteiger partial charge is 0.0641 e. The number of fused-ring (bicyclic) bond motifs is 10. The minimum absolute atomic E-state index is 1.16. The fraction of sp³-hybridized carbons (Fsp3) is 0. The lowest BCUT2D eigenvalue weighted by molar-refractivity contribution is 1.19. The van der Waals surface area contributed by atoms with Gasteiger partial charge < -0.3 is 9.55 Å². The van der Waals surface area contributed by atoms with E-state index in [1.165, 1.54) is 69.6 Å². The van der Waals surface area contributed by atoms with Gasteiger partial charge in [0.15, 0.2) is 0 Å². The molecule has 3 aromatic heterocycles. The molecule has 0 aliphatic carbocycles. The van der Waals surface area contributed by atoms with E-state index in [2.05, 4.69) is 137 Å². The van der Waals surface area contributed by atoms with Crippen molar-refractivity contribution in [3.63, 3.8) is 0 Å². The van der Waals surface area contributed by atoms with E-state index in [1.807, 2.05) is 11.3 Å². The molecule has 0 unspecified atom stereocenters. The van der Waals surface area contributed by atoms with Gasteiger partial charge >= 0.3 is 0 Å². The average molecular weight is 515 g/mol. The first-order chi connectivity index (χ1) is 19.3. The highest BCUT2D eigenvalue weighted by molar-refractivity contribution is 7.26. The minimum Gasteiger partial charge on any atom is -0.354 e. The summed E-state index contributed by atoms with van der Waals surface area (Å²) in [6, 6.07) is 46.3. The molecule has 182 valence electrons. The van der Waals surface area contributed by atoms with Gasteiger partial charge in [0.2, 0.25) is 0 Å². The first kappa shape index (κ1) is 21.1. The quantitative estimate of drug-likeness (QED) is 0.237. The van der Waals surface area contributed by atoms with Crippen LogP contribution in [0.3, 0.4) is 0 Å². The monoisotopic (exact) mass is 514 g/mol. The normalized spacial score (nSPS) is 12.1. The highest BCUT2D eigenvalue weighted by Crippen LogP contribution is 2.43. The van der Waals surface area contributed by atoms with Gasteiger partial charge in [-0.25, -0.2) is 0 Å². The zero-order valence-corrected chi connectivity index (χ0v) is 21.8. The van der Waals surface area contributed by atoms with Crippen LogP contribution in [0.1, 0.15) is 0 Å². The predicted octanol–water partition coefficient (Wildman–Crippen LogP) is 10.5. The van der Waals surface area contributed by atoms with E-state index in [4.69, 9.17) is 0 Å². The number of nitrogens with zero attached hydrogens (tertiary/aromatic N) is 1. The van der Waals surface area contributed by atoms with Crippen molar-refractivity contribution in [3.8, 4) is 16.8 Å². The maximum absolute atomic E-state index is 3.72. The third-order valence-corrected chi connectivity index (χ3v) is 9.34. The Morgan fingerprint density at radius 2 is 1.31 bits per heavy atom. The molecule has 0 radical (unpaired) electrons.